The topological polar surface area (TPSA) is 54.3 Å². The van der Waals surface area contributed by atoms with Crippen LogP contribution in [0.1, 0.15) is 17.4 Å². The fourth-order valence-corrected chi connectivity index (χ4v) is 2.43. The Bertz CT molecular complexity index is 566. The van der Waals surface area contributed by atoms with Gasteiger partial charge in [0.25, 0.3) is 0 Å². The van der Waals surface area contributed by atoms with Crippen molar-refractivity contribution in [2.75, 3.05) is 5.32 Å². The predicted molar refractivity (Wildman–Crippen MR) is 66.8 cm³/mol. The predicted octanol–water partition coefficient (Wildman–Crippen LogP) is 3.27. The summed E-state index contributed by atoms with van der Waals surface area (Å²) in [5.41, 5.74) is 1.77. The van der Waals surface area contributed by atoms with E-state index in [9.17, 15) is 4.79 Å². The van der Waals surface area contributed by atoms with Crippen LogP contribution < -0.4 is 10.6 Å². The van der Waals surface area contributed by atoms with Gasteiger partial charge in [0.1, 0.15) is 11.8 Å². The number of hydrogen-bond acceptors (Lipinski definition) is 2. The second-order valence-corrected chi connectivity index (χ2v) is 4.61. The molecule has 0 saturated carbocycles. The average Bonchev–Trinajstić information content (AvgIpc) is 2.83. The lowest BCUT2D eigenvalue weighted by molar-refractivity contribution is 0.247. The van der Waals surface area contributed by atoms with E-state index in [0.29, 0.717) is 0 Å². The number of anilines is 1. The molecule has 3 rings (SSSR count). The Balaban J connectivity index is 2.15. The number of rotatable bonds is 1. The van der Waals surface area contributed by atoms with Crippen molar-refractivity contribution in [2.45, 2.75) is 6.04 Å². The first-order valence-electron chi connectivity index (χ1n) is 5.15. The lowest BCUT2D eigenvalue weighted by Gasteiger charge is -2.26. The van der Waals surface area contributed by atoms with Gasteiger partial charge in [-0.15, -0.1) is 0 Å². The van der Waals surface area contributed by atoms with Gasteiger partial charge in [0.2, 0.25) is 0 Å². The number of halogens is 1. The molecule has 0 spiro atoms. The van der Waals surface area contributed by atoms with Gasteiger partial charge in [-0.25, -0.2) is 4.79 Å². The van der Waals surface area contributed by atoms with Gasteiger partial charge in [0.05, 0.1) is 12.0 Å². The van der Waals surface area contributed by atoms with E-state index in [2.05, 4.69) is 26.6 Å². The first kappa shape index (κ1) is 10.4. The summed E-state index contributed by atoms with van der Waals surface area (Å²) in [7, 11) is 0. The van der Waals surface area contributed by atoms with Crippen LogP contribution in [-0.2, 0) is 0 Å². The van der Waals surface area contributed by atoms with Crippen LogP contribution in [0.5, 0.6) is 0 Å². The normalized spacial score (nSPS) is 18.2. The van der Waals surface area contributed by atoms with Crippen molar-refractivity contribution in [3.63, 3.8) is 0 Å². The van der Waals surface area contributed by atoms with E-state index >= 15 is 0 Å². The molecule has 5 heteroatoms. The minimum absolute atomic E-state index is 0.231. The van der Waals surface area contributed by atoms with Crippen molar-refractivity contribution in [2.24, 2.45) is 0 Å². The van der Waals surface area contributed by atoms with Gasteiger partial charge in [-0.05, 0) is 34.1 Å². The molecule has 1 aromatic heterocycles. The molecule has 1 aliphatic heterocycles. The number of benzene rings is 1. The molecule has 17 heavy (non-hydrogen) atoms. The Labute approximate surface area is 106 Å². The molecule has 1 aliphatic rings. The zero-order valence-corrected chi connectivity index (χ0v) is 10.3. The van der Waals surface area contributed by atoms with Crippen molar-refractivity contribution in [1.82, 2.24) is 5.32 Å². The molecule has 2 aromatic rings. The summed E-state index contributed by atoms with van der Waals surface area (Å²) in [6.07, 6.45) is 1.60. The molecule has 2 heterocycles. The monoisotopic (exact) mass is 292 g/mol. The zero-order valence-electron chi connectivity index (χ0n) is 8.74. The average molecular weight is 293 g/mol. The minimum Gasteiger partial charge on any atom is -0.467 e. The Kier molecular flexibility index (Phi) is 2.40. The summed E-state index contributed by atoms with van der Waals surface area (Å²) in [6, 6.07) is 8.96. The number of furan rings is 1. The van der Waals surface area contributed by atoms with Crippen molar-refractivity contribution >= 4 is 27.6 Å². The van der Waals surface area contributed by atoms with Gasteiger partial charge < -0.3 is 15.1 Å². The molecular formula is C12H9BrN2O2. The highest BCUT2D eigenvalue weighted by Crippen LogP contribution is 2.36. The molecule has 1 unspecified atom stereocenters. The molecule has 0 saturated heterocycles. The third kappa shape index (κ3) is 1.72. The number of amides is 2. The maximum Gasteiger partial charge on any atom is 0.320 e. The fraction of sp³-hybridized carbons (Fsp3) is 0.0833. The highest BCUT2D eigenvalue weighted by molar-refractivity contribution is 9.10. The highest BCUT2D eigenvalue weighted by atomic mass is 79.9. The number of carbonyl (C=O) groups is 1. The molecule has 2 N–H and O–H groups in total. The smallest absolute Gasteiger partial charge is 0.320 e. The summed E-state index contributed by atoms with van der Waals surface area (Å²) in [5.74, 6) is 0.721. The van der Waals surface area contributed by atoms with Crippen LogP contribution in [0.3, 0.4) is 0 Å². The summed E-state index contributed by atoms with van der Waals surface area (Å²) >= 11 is 3.43. The first-order chi connectivity index (χ1) is 8.25. The van der Waals surface area contributed by atoms with E-state index in [1.54, 1.807) is 12.3 Å². The van der Waals surface area contributed by atoms with E-state index in [4.69, 9.17) is 4.42 Å². The summed E-state index contributed by atoms with van der Waals surface area (Å²) in [4.78, 5) is 11.6. The van der Waals surface area contributed by atoms with E-state index in [0.717, 1.165) is 21.5 Å². The van der Waals surface area contributed by atoms with Crippen LogP contribution in [0.2, 0.25) is 0 Å². The zero-order chi connectivity index (χ0) is 11.8. The fourth-order valence-electron chi connectivity index (χ4n) is 1.95. The molecule has 0 bridgehead atoms. The Morgan fingerprint density at radius 3 is 2.88 bits per heavy atom. The van der Waals surface area contributed by atoms with E-state index in [1.165, 1.54) is 0 Å². The van der Waals surface area contributed by atoms with Crippen LogP contribution >= 0.6 is 15.9 Å². The van der Waals surface area contributed by atoms with Gasteiger partial charge in [0.15, 0.2) is 0 Å². The SMILES string of the molecule is O=C1Nc2c(Br)cccc2C(c2ccco2)N1. The highest BCUT2D eigenvalue weighted by Gasteiger charge is 2.28. The lowest BCUT2D eigenvalue weighted by Crippen LogP contribution is -2.38. The molecule has 0 aliphatic carbocycles. The lowest BCUT2D eigenvalue weighted by atomic mass is 10.0. The summed E-state index contributed by atoms with van der Waals surface area (Å²) in [6.45, 7) is 0. The molecule has 2 amide bonds. The Hall–Kier alpha value is -1.75. The molecule has 86 valence electrons. The number of carbonyl (C=O) groups excluding carboxylic acids is 1. The number of urea groups is 1. The van der Waals surface area contributed by atoms with Gasteiger partial charge in [0, 0.05) is 10.0 Å². The molecule has 0 fully saturated rings. The standard InChI is InChI=1S/C12H9BrN2O2/c13-8-4-1-3-7-10(8)14-12(16)15-11(7)9-5-2-6-17-9/h1-6,11H,(H2,14,15,16). The van der Waals surface area contributed by atoms with Crippen molar-refractivity contribution < 1.29 is 9.21 Å². The molecule has 1 aromatic carbocycles. The van der Waals surface area contributed by atoms with Gasteiger partial charge in [-0.1, -0.05) is 12.1 Å². The maximum atomic E-state index is 11.6. The largest absolute Gasteiger partial charge is 0.467 e. The number of hydrogen-bond donors (Lipinski definition) is 2. The van der Waals surface area contributed by atoms with Gasteiger partial charge >= 0.3 is 6.03 Å². The number of nitrogens with one attached hydrogen (secondary N) is 2. The van der Waals surface area contributed by atoms with E-state index < -0.39 is 0 Å². The summed E-state index contributed by atoms with van der Waals surface area (Å²) < 4.78 is 6.22. The third-order valence-corrected chi connectivity index (χ3v) is 3.36. The number of para-hydroxylation sites is 1. The van der Waals surface area contributed by atoms with Crippen LogP contribution in [0.15, 0.2) is 45.5 Å². The van der Waals surface area contributed by atoms with Crippen LogP contribution in [0.25, 0.3) is 0 Å². The van der Waals surface area contributed by atoms with Crippen molar-refractivity contribution in [3.8, 4) is 0 Å². The van der Waals surface area contributed by atoms with Gasteiger partial charge in [-0.3, -0.25) is 0 Å². The molecule has 1 atom stereocenters. The molecule has 4 nitrogen and oxygen atoms in total. The maximum absolute atomic E-state index is 11.6. The van der Waals surface area contributed by atoms with Crippen molar-refractivity contribution in [3.05, 3.63) is 52.4 Å². The Morgan fingerprint density at radius 1 is 1.24 bits per heavy atom. The second kappa shape index (κ2) is 3.92. The third-order valence-electron chi connectivity index (χ3n) is 2.70. The second-order valence-electron chi connectivity index (χ2n) is 3.75. The van der Waals surface area contributed by atoms with Gasteiger partial charge in [-0.2, -0.15) is 0 Å². The Morgan fingerprint density at radius 2 is 2.12 bits per heavy atom. The number of fused-ring (bicyclic) bond motifs is 1. The van der Waals surface area contributed by atoms with Crippen LogP contribution in [0, 0.1) is 0 Å². The quantitative estimate of drug-likeness (QED) is 0.848. The van der Waals surface area contributed by atoms with Crippen LogP contribution in [-0.4, -0.2) is 6.03 Å². The molecular weight excluding hydrogens is 284 g/mol. The first-order valence-corrected chi connectivity index (χ1v) is 5.94. The minimum atomic E-state index is -0.244. The van der Waals surface area contributed by atoms with E-state index in [-0.39, 0.29) is 12.1 Å². The molecule has 0 radical (unpaired) electrons. The van der Waals surface area contributed by atoms with E-state index in [1.807, 2.05) is 24.3 Å². The van der Waals surface area contributed by atoms with Crippen LogP contribution in [0.4, 0.5) is 10.5 Å². The summed E-state index contributed by atoms with van der Waals surface area (Å²) in [5, 5.41) is 5.62. The van der Waals surface area contributed by atoms with Crippen molar-refractivity contribution in [1.29, 1.82) is 0 Å².